The van der Waals surface area contributed by atoms with Crippen LogP contribution in [-0.2, 0) is 0 Å². The van der Waals surface area contributed by atoms with Gasteiger partial charge in [0, 0.05) is 12.2 Å². The summed E-state index contributed by atoms with van der Waals surface area (Å²) in [7, 11) is 0. The Kier molecular flexibility index (Phi) is 3.71. The first-order valence-corrected chi connectivity index (χ1v) is 5.93. The van der Waals surface area contributed by atoms with Gasteiger partial charge in [0.15, 0.2) is 0 Å². The highest BCUT2D eigenvalue weighted by Gasteiger charge is 2.15. The van der Waals surface area contributed by atoms with Crippen LogP contribution < -0.4 is 4.90 Å². The minimum absolute atomic E-state index is 0.275. The van der Waals surface area contributed by atoms with Crippen LogP contribution in [0.5, 0.6) is 0 Å². The molecule has 0 atom stereocenters. The first-order valence-electron chi connectivity index (χ1n) is 5.93. The predicted octanol–water partition coefficient (Wildman–Crippen LogP) is 2.95. The maximum absolute atomic E-state index is 13.8. The van der Waals surface area contributed by atoms with Crippen LogP contribution in [0.15, 0.2) is 30.3 Å². The van der Waals surface area contributed by atoms with Gasteiger partial charge in [-0.1, -0.05) is 12.1 Å². The highest BCUT2D eigenvalue weighted by Crippen LogP contribution is 2.24. The number of aromatic nitrogens is 2. The molecule has 0 saturated carbocycles. The van der Waals surface area contributed by atoms with Crippen LogP contribution >= 0.6 is 0 Å². The molecule has 0 radical (unpaired) electrons. The van der Waals surface area contributed by atoms with E-state index in [0.717, 1.165) is 0 Å². The van der Waals surface area contributed by atoms with Gasteiger partial charge in [0.05, 0.1) is 5.69 Å². The Labute approximate surface area is 111 Å². The topological polar surface area (TPSA) is 52.8 Å². The van der Waals surface area contributed by atoms with E-state index in [-0.39, 0.29) is 11.5 Å². The molecule has 1 aromatic carbocycles. The van der Waals surface area contributed by atoms with Crippen molar-refractivity contribution in [3.63, 3.8) is 0 Å². The average molecular weight is 256 g/mol. The standard InChI is InChI=1S/C14H13FN4/c1-3-19(13-7-5-4-6-12(13)15)14-17-10(2)8-11(9-16)18-14/h4-8H,3H2,1-2H3. The summed E-state index contributed by atoms with van der Waals surface area (Å²) in [6.07, 6.45) is 0. The van der Waals surface area contributed by atoms with Crippen LogP contribution in [0.25, 0.3) is 0 Å². The van der Waals surface area contributed by atoms with Gasteiger partial charge < -0.3 is 4.90 Å². The highest BCUT2D eigenvalue weighted by molar-refractivity contribution is 5.58. The number of nitrogens with zero attached hydrogens (tertiary/aromatic N) is 4. The molecule has 1 aromatic heterocycles. The molecule has 0 bridgehead atoms. The molecular weight excluding hydrogens is 243 g/mol. The quantitative estimate of drug-likeness (QED) is 0.847. The molecule has 0 spiro atoms. The SMILES string of the molecule is CCN(c1nc(C)cc(C#N)n1)c1ccccc1F. The molecule has 0 unspecified atom stereocenters. The Bertz CT molecular complexity index is 634. The Morgan fingerprint density at radius 1 is 1.32 bits per heavy atom. The Morgan fingerprint density at radius 2 is 2.05 bits per heavy atom. The molecule has 96 valence electrons. The molecule has 0 N–H and O–H groups in total. The molecule has 0 fully saturated rings. The number of aryl methyl sites for hydroxylation is 1. The number of benzene rings is 1. The van der Waals surface area contributed by atoms with Crippen molar-refractivity contribution in [2.45, 2.75) is 13.8 Å². The molecule has 5 heteroatoms. The van der Waals surface area contributed by atoms with Crippen LogP contribution in [0, 0.1) is 24.1 Å². The minimum Gasteiger partial charge on any atom is -0.308 e. The van der Waals surface area contributed by atoms with Gasteiger partial charge in [0.2, 0.25) is 5.95 Å². The third-order valence-electron chi connectivity index (χ3n) is 2.66. The number of halogens is 1. The molecule has 2 aromatic rings. The first kappa shape index (κ1) is 13.0. The van der Waals surface area contributed by atoms with Crippen LogP contribution in [0.4, 0.5) is 16.0 Å². The second-order valence-electron chi connectivity index (χ2n) is 4.00. The number of rotatable bonds is 3. The lowest BCUT2D eigenvalue weighted by Gasteiger charge is -2.21. The third kappa shape index (κ3) is 2.68. The third-order valence-corrected chi connectivity index (χ3v) is 2.66. The van der Waals surface area contributed by atoms with Crippen molar-refractivity contribution in [3.8, 4) is 6.07 Å². The number of hydrogen-bond donors (Lipinski definition) is 0. The summed E-state index contributed by atoms with van der Waals surface area (Å²) >= 11 is 0. The second-order valence-corrected chi connectivity index (χ2v) is 4.00. The molecule has 19 heavy (non-hydrogen) atoms. The highest BCUT2D eigenvalue weighted by atomic mass is 19.1. The van der Waals surface area contributed by atoms with E-state index in [1.807, 2.05) is 13.0 Å². The number of hydrogen-bond acceptors (Lipinski definition) is 4. The van der Waals surface area contributed by atoms with Crippen molar-refractivity contribution in [1.29, 1.82) is 5.26 Å². The first-order chi connectivity index (χ1) is 9.15. The zero-order chi connectivity index (χ0) is 13.8. The lowest BCUT2D eigenvalue weighted by Crippen LogP contribution is -2.20. The number of para-hydroxylation sites is 1. The summed E-state index contributed by atoms with van der Waals surface area (Å²) in [5.74, 6) is -0.00267. The van der Waals surface area contributed by atoms with Crippen LogP contribution in [0.2, 0.25) is 0 Å². The van der Waals surface area contributed by atoms with Gasteiger partial charge in [0.25, 0.3) is 0 Å². The summed E-state index contributed by atoms with van der Waals surface area (Å²) in [5, 5.41) is 8.93. The molecule has 0 saturated heterocycles. The zero-order valence-electron chi connectivity index (χ0n) is 10.8. The predicted molar refractivity (Wildman–Crippen MR) is 70.6 cm³/mol. The van der Waals surface area contributed by atoms with Crippen molar-refractivity contribution >= 4 is 11.6 Å². The molecule has 1 heterocycles. The Hall–Kier alpha value is -2.48. The van der Waals surface area contributed by atoms with E-state index in [1.165, 1.54) is 6.07 Å². The van der Waals surface area contributed by atoms with Gasteiger partial charge in [-0.2, -0.15) is 5.26 Å². The lowest BCUT2D eigenvalue weighted by molar-refractivity contribution is 0.624. The second kappa shape index (κ2) is 5.44. The van der Waals surface area contributed by atoms with Crippen molar-refractivity contribution in [3.05, 3.63) is 47.5 Å². The number of anilines is 2. The largest absolute Gasteiger partial charge is 0.308 e. The van der Waals surface area contributed by atoms with Crippen molar-refractivity contribution in [2.75, 3.05) is 11.4 Å². The van der Waals surface area contributed by atoms with E-state index in [1.54, 1.807) is 36.1 Å². The maximum Gasteiger partial charge on any atom is 0.231 e. The van der Waals surface area contributed by atoms with Gasteiger partial charge in [-0.3, -0.25) is 0 Å². The van der Waals surface area contributed by atoms with Gasteiger partial charge >= 0.3 is 0 Å². The molecule has 0 aliphatic heterocycles. The lowest BCUT2D eigenvalue weighted by atomic mass is 10.2. The fourth-order valence-corrected chi connectivity index (χ4v) is 1.82. The molecule has 0 aliphatic rings. The maximum atomic E-state index is 13.8. The Morgan fingerprint density at radius 3 is 2.68 bits per heavy atom. The average Bonchev–Trinajstić information content (AvgIpc) is 2.41. The van der Waals surface area contributed by atoms with Crippen LogP contribution in [0.1, 0.15) is 18.3 Å². The van der Waals surface area contributed by atoms with E-state index in [2.05, 4.69) is 9.97 Å². The van der Waals surface area contributed by atoms with Crippen LogP contribution in [-0.4, -0.2) is 16.5 Å². The Balaban J connectivity index is 2.52. The van der Waals surface area contributed by atoms with E-state index >= 15 is 0 Å². The van der Waals surface area contributed by atoms with E-state index < -0.39 is 0 Å². The fourth-order valence-electron chi connectivity index (χ4n) is 1.82. The molecular formula is C14H13FN4. The normalized spacial score (nSPS) is 10.0. The monoisotopic (exact) mass is 256 g/mol. The van der Waals surface area contributed by atoms with Crippen molar-refractivity contribution in [1.82, 2.24) is 9.97 Å². The minimum atomic E-state index is -0.340. The summed E-state index contributed by atoms with van der Waals surface area (Å²) in [5.41, 5.74) is 1.35. The summed E-state index contributed by atoms with van der Waals surface area (Å²) in [4.78, 5) is 10.0. The van der Waals surface area contributed by atoms with E-state index in [4.69, 9.17) is 5.26 Å². The summed E-state index contributed by atoms with van der Waals surface area (Å²) in [6, 6.07) is 10.0. The molecule has 0 aliphatic carbocycles. The van der Waals surface area contributed by atoms with E-state index in [9.17, 15) is 4.39 Å². The summed E-state index contributed by atoms with van der Waals surface area (Å²) < 4.78 is 13.8. The smallest absolute Gasteiger partial charge is 0.231 e. The van der Waals surface area contributed by atoms with Crippen LogP contribution in [0.3, 0.4) is 0 Å². The number of nitriles is 1. The van der Waals surface area contributed by atoms with E-state index in [0.29, 0.717) is 23.9 Å². The van der Waals surface area contributed by atoms with Gasteiger partial charge in [0.1, 0.15) is 17.6 Å². The molecule has 0 amide bonds. The van der Waals surface area contributed by atoms with Gasteiger partial charge in [-0.25, -0.2) is 14.4 Å². The van der Waals surface area contributed by atoms with Crippen molar-refractivity contribution < 1.29 is 4.39 Å². The van der Waals surface area contributed by atoms with Gasteiger partial charge in [-0.15, -0.1) is 0 Å². The summed E-state index contributed by atoms with van der Waals surface area (Å²) in [6.45, 7) is 4.17. The van der Waals surface area contributed by atoms with Gasteiger partial charge in [-0.05, 0) is 32.0 Å². The molecule has 2 rings (SSSR count). The molecule has 4 nitrogen and oxygen atoms in total. The fraction of sp³-hybridized carbons (Fsp3) is 0.214. The zero-order valence-corrected chi connectivity index (χ0v) is 10.8. The van der Waals surface area contributed by atoms with Crippen molar-refractivity contribution in [2.24, 2.45) is 0 Å².